The standard InChI is InChI=1S/C23H29FN6O/c1-4-29-22-15(11-26)7-14(10-25)21(28-3)16-8-20(23(27)30-12-16)31-13(2)19-9-17(24)5-6-18(19)22/h5-6,8-10,12-13,29H,4,7,11,25-26H2,1-3H3,(H2,27,30)/b14-10?,22-15-,28-21?. The maximum absolute atomic E-state index is 14.2. The molecule has 0 aliphatic carbocycles. The largest absolute Gasteiger partial charge is 0.482 e. The average Bonchev–Trinajstić information content (AvgIpc) is 2.76. The maximum atomic E-state index is 14.2. The molecule has 0 fully saturated rings. The average molecular weight is 425 g/mol. The van der Waals surface area contributed by atoms with Gasteiger partial charge < -0.3 is 27.3 Å². The Bertz CT molecular complexity index is 1060. The molecule has 1 aliphatic rings. The number of pyridine rings is 1. The fourth-order valence-electron chi connectivity index (χ4n) is 3.79. The Kier molecular flexibility index (Phi) is 6.91. The van der Waals surface area contributed by atoms with E-state index >= 15 is 0 Å². The third kappa shape index (κ3) is 4.54. The van der Waals surface area contributed by atoms with E-state index in [1.54, 1.807) is 25.4 Å². The molecule has 1 atom stereocenters. The van der Waals surface area contributed by atoms with Crippen molar-refractivity contribution in [3.63, 3.8) is 0 Å². The number of fused-ring (bicyclic) bond motifs is 3. The molecular formula is C23H29FN6O. The fraction of sp³-hybridized carbons (Fsp3) is 0.304. The van der Waals surface area contributed by atoms with Gasteiger partial charge >= 0.3 is 0 Å². The molecule has 1 unspecified atom stereocenters. The number of aromatic nitrogens is 1. The number of hydrogen-bond donors (Lipinski definition) is 4. The molecule has 1 aromatic carbocycles. The minimum absolute atomic E-state index is 0.240. The Hall–Kier alpha value is -3.39. The zero-order valence-electron chi connectivity index (χ0n) is 18.1. The Labute approximate surface area is 181 Å². The van der Waals surface area contributed by atoms with Gasteiger partial charge in [0.05, 0.1) is 5.71 Å². The van der Waals surface area contributed by atoms with Crippen LogP contribution in [0.15, 0.2) is 52.8 Å². The van der Waals surface area contributed by atoms with Crippen molar-refractivity contribution in [3.05, 3.63) is 70.3 Å². The van der Waals surface area contributed by atoms with E-state index < -0.39 is 6.10 Å². The van der Waals surface area contributed by atoms with Crippen LogP contribution in [0, 0.1) is 5.82 Å². The number of allylic oxidation sites excluding steroid dienone is 1. The first-order valence-corrected chi connectivity index (χ1v) is 10.2. The number of ether oxygens (including phenoxy) is 1. The van der Waals surface area contributed by atoms with Gasteiger partial charge in [0.15, 0.2) is 11.6 Å². The number of benzene rings is 1. The summed E-state index contributed by atoms with van der Waals surface area (Å²) in [6.07, 6.45) is 3.13. The number of anilines is 1. The quantitative estimate of drug-likeness (QED) is 0.600. The molecule has 8 heteroatoms. The summed E-state index contributed by atoms with van der Waals surface area (Å²) in [7, 11) is 1.69. The second-order valence-electron chi connectivity index (χ2n) is 7.25. The topological polar surface area (TPSA) is 125 Å². The number of nitrogens with one attached hydrogen (secondary N) is 1. The summed E-state index contributed by atoms with van der Waals surface area (Å²) in [5, 5.41) is 3.41. The summed E-state index contributed by atoms with van der Waals surface area (Å²) >= 11 is 0. The number of halogens is 1. The number of rotatable bonds is 3. The molecule has 0 spiro atoms. The van der Waals surface area contributed by atoms with E-state index in [-0.39, 0.29) is 18.2 Å². The third-order valence-electron chi connectivity index (χ3n) is 5.27. The highest BCUT2D eigenvalue weighted by atomic mass is 19.1. The van der Waals surface area contributed by atoms with Crippen LogP contribution in [0.1, 0.15) is 43.1 Å². The summed E-state index contributed by atoms with van der Waals surface area (Å²) in [6.45, 7) is 4.79. The molecule has 2 heterocycles. The zero-order valence-corrected chi connectivity index (χ0v) is 18.1. The molecule has 3 rings (SSSR count). The fourth-order valence-corrected chi connectivity index (χ4v) is 3.79. The van der Waals surface area contributed by atoms with Gasteiger partial charge in [-0.3, -0.25) is 4.99 Å². The molecule has 1 aromatic heterocycles. The first-order valence-electron chi connectivity index (χ1n) is 10.2. The Morgan fingerprint density at radius 3 is 2.77 bits per heavy atom. The van der Waals surface area contributed by atoms with E-state index in [4.69, 9.17) is 21.9 Å². The lowest BCUT2D eigenvalue weighted by Gasteiger charge is -2.25. The summed E-state index contributed by atoms with van der Waals surface area (Å²) < 4.78 is 20.4. The van der Waals surface area contributed by atoms with Crippen LogP contribution >= 0.6 is 0 Å². The van der Waals surface area contributed by atoms with E-state index in [2.05, 4.69) is 15.3 Å². The number of nitrogen functional groups attached to an aromatic ring is 1. The normalized spacial score (nSPS) is 21.8. The van der Waals surface area contributed by atoms with Crippen LogP contribution < -0.4 is 27.3 Å². The van der Waals surface area contributed by atoms with Gasteiger partial charge in [0, 0.05) is 55.1 Å². The van der Waals surface area contributed by atoms with Crippen LogP contribution in [0.4, 0.5) is 10.2 Å². The van der Waals surface area contributed by atoms with Crippen LogP contribution in [0.25, 0.3) is 5.70 Å². The monoisotopic (exact) mass is 424 g/mol. The lowest BCUT2D eigenvalue weighted by atomic mass is 9.91. The van der Waals surface area contributed by atoms with Crippen molar-refractivity contribution in [1.29, 1.82) is 0 Å². The molecule has 1 aliphatic heterocycles. The van der Waals surface area contributed by atoms with Crippen molar-refractivity contribution >= 4 is 17.2 Å². The van der Waals surface area contributed by atoms with Crippen molar-refractivity contribution in [3.8, 4) is 5.75 Å². The highest BCUT2D eigenvalue weighted by molar-refractivity contribution is 6.13. The first-order chi connectivity index (χ1) is 14.9. The molecule has 0 saturated heterocycles. The van der Waals surface area contributed by atoms with Gasteiger partial charge in [0.25, 0.3) is 0 Å². The van der Waals surface area contributed by atoms with Crippen molar-refractivity contribution in [2.45, 2.75) is 26.4 Å². The molecule has 0 saturated carbocycles. The van der Waals surface area contributed by atoms with Gasteiger partial charge in [-0.15, -0.1) is 0 Å². The molecule has 0 amide bonds. The van der Waals surface area contributed by atoms with E-state index in [1.807, 2.05) is 13.8 Å². The van der Waals surface area contributed by atoms with E-state index in [9.17, 15) is 4.39 Å². The van der Waals surface area contributed by atoms with Crippen LogP contribution in [-0.2, 0) is 0 Å². The van der Waals surface area contributed by atoms with Gasteiger partial charge in [-0.2, -0.15) is 0 Å². The lowest BCUT2D eigenvalue weighted by Crippen LogP contribution is -2.22. The SMILES string of the molecule is CCN/C1=C(\CN)CC(=CN)C(=NC)c2cnc(N)c(c2)OC(C)c2cc(F)ccc21. The summed E-state index contributed by atoms with van der Waals surface area (Å²) in [6, 6.07) is 6.42. The van der Waals surface area contributed by atoms with Gasteiger partial charge in [0.2, 0.25) is 0 Å². The van der Waals surface area contributed by atoms with Gasteiger partial charge in [-0.05, 0) is 55.5 Å². The molecule has 2 aromatic rings. The molecule has 164 valence electrons. The van der Waals surface area contributed by atoms with E-state index in [1.165, 1.54) is 18.3 Å². The predicted octanol–water partition coefficient (Wildman–Crippen LogP) is 2.89. The molecular weight excluding hydrogens is 395 g/mol. The minimum Gasteiger partial charge on any atom is -0.482 e. The minimum atomic E-state index is -0.497. The van der Waals surface area contributed by atoms with Gasteiger partial charge in [0.1, 0.15) is 11.9 Å². The van der Waals surface area contributed by atoms with Crippen LogP contribution in [0.3, 0.4) is 0 Å². The molecule has 7 N–H and O–H groups in total. The number of hydrogen-bond acceptors (Lipinski definition) is 7. The third-order valence-corrected chi connectivity index (χ3v) is 5.27. The number of aliphatic imine (C=N–C) groups is 1. The molecule has 0 radical (unpaired) electrons. The van der Waals surface area contributed by atoms with Crippen molar-refractivity contribution in [2.24, 2.45) is 16.5 Å². The predicted molar refractivity (Wildman–Crippen MR) is 123 cm³/mol. The molecule has 7 nitrogen and oxygen atoms in total. The number of nitrogens with two attached hydrogens (primary N) is 3. The van der Waals surface area contributed by atoms with Gasteiger partial charge in [-0.25, -0.2) is 9.37 Å². The summed E-state index contributed by atoms with van der Waals surface area (Å²) in [4.78, 5) is 8.71. The summed E-state index contributed by atoms with van der Waals surface area (Å²) in [5.74, 6) is 0.282. The Morgan fingerprint density at radius 2 is 2.13 bits per heavy atom. The van der Waals surface area contributed by atoms with Crippen molar-refractivity contribution in [2.75, 3.05) is 25.9 Å². The van der Waals surface area contributed by atoms with Gasteiger partial charge in [-0.1, -0.05) is 0 Å². The molecule has 2 bridgehead atoms. The van der Waals surface area contributed by atoms with Crippen LogP contribution in [-0.4, -0.2) is 30.8 Å². The lowest BCUT2D eigenvalue weighted by molar-refractivity contribution is 0.226. The second kappa shape index (κ2) is 9.61. The first kappa shape index (κ1) is 22.3. The Balaban J connectivity index is 2.34. The molecule has 31 heavy (non-hydrogen) atoms. The van der Waals surface area contributed by atoms with Crippen molar-refractivity contribution in [1.82, 2.24) is 10.3 Å². The van der Waals surface area contributed by atoms with Crippen LogP contribution in [0.2, 0.25) is 0 Å². The highest BCUT2D eigenvalue weighted by Gasteiger charge is 2.23. The second-order valence-corrected chi connectivity index (χ2v) is 7.25. The Morgan fingerprint density at radius 1 is 1.35 bits per heavy atom. The smallest absolute Gasteiger partial charge is 0.166 e. The van der Waals surface area contributed by atoms with E-state index in [0.29, 0.717) is 30.0 Å². The highest BCUT2D eigenvalue weighted by Crippen LogP contribution is 2.34. The number of nitrogens with zero attached hydrogens (tertiary/aromatic N) is 2. The maximum Gasteiger partial charge on any atom is 0.166 e. The zero-order chi connectivity index (χ0) is 22.5. The van der Waals surface area contributed by atoms with Crippen molar-refractivity contribution < 1.29 is 9.13 Å². The van der Waals surface area contributed by atoms with E-state index in [0.717, 1.165) is 28.0 Å². The summed E-state index contributed by atoms with van der Waals surface area (Å²) in [5.41, 5.74) is 23.7. The van der Waals surface area contributed by atoms with Crippen LogP contribution in [0.5, 0.6) is 5.75 Å².